The summed E-state index contributed by atoms with van der Waals surface area (Å²) in [6.45, 7) is 4.07. The van der Waals surface area contributed by atoms with Crippen LogP contribution in [0.25, 0.3) is 11.4 Å². The van der Waals surface area contributed by atoms with Gasteiger partial charge in [-0.1, -0.05) is 48.0 Å². The van der Waals surface area contributed by atoms with Gasteiger partial charge in [0.05, 0.1) is 11.2 Å². The number of aromatic amines is 1. The molecule has 0 aliphatic carbocycles. The van der Waals surface area contributed by atoms with Crippen molar-refractivity contribution in [1.29, 1.82) is 0 Å². The summed E-state index contributed by atoms with van der Waals surface area (Å²) in [6, 6.07) is 12.7. The van der Waals surface area contributed by atoms with Crippen LogP contribution in [0, 0.1) is 4.77 Å². The maximum Gasteiger partial charge on any atom is 0.216 e. The summed E-state index contributed by atoms with van der Waals surface area (Å²) < 4.78 is 7.37. The average molecular weight is 405 g/mol. The molecule has 0 radical (unpaired) electrons. The van der Waals surface area contributed by atoms with Crippen molar-refractivity contribution in [2.24, 2.45) is 5.10 Å². The standard InChI is InChI=1S/C18H14Cl2N4OS/c1-2-8-25-14-5-3-4-12(9-14)11-21-24-17(22-23-18(24)26)15-7-6-13(19)10-16(15)20/h2-7,9-11H,1,8H2,(H,23,26)/b21-11-. The second-order valence-corrected chi connectivity index (χ2v) is 6.44. The van der Waals surface area contributed by atoms with E-state index in [0.29, 0.717) is 32.8 Å². The second-order valence-electron chi connectivity index (χ2n) is 5.21. The summed E-state index contributed by atoms with van der Waals surface area (Å²) in [5, 5.41) is 12.4. The largest absolute Gasteiger partial charge is 0.490 e. The van der Waals surface area contributed by atoms with E-state index in [2.05, 4.69) is 21.9 Å². The van der Waals surface area contributed by atoms with Gasteiger partial charge in [0.1, 0.15) is 12.4 Å². The molecule has 0 saturated heterocycles. The lowest BCUT2D eigenvalue weighted by atomic mass is 10.2. The molecule has 1 N–H and O–H groups in total. The van der Waals surface area contributed by atoms with Crippen molar-refractivity contribution in [3.8, 4) is 17.1 Å². The Bertz CT molecular complexity index is 1030. The highest BCUT2D eigenvalue weighted by Crippen LogP contribution is 2.29. The molecule has 0 spiro atoms. The van der Waals surface area contributed by atoms with Gasteiger partial charge in [-0.05, 0) is 48.1 Å². The van der Waals surface area contributed by atoms with Crippen molar-refractivity contribution in [2.45, 2.75) is 0 Å². The molecule has 0 bridgehead atoms. The number of benzene rings is 2. The number of ether oxygens (including phenoxy) is 1. The van der Waals surface area contributed by atoms with Crippen LogP contribution >= 0.6 is 35.4 Å². The Kier molecular flexibility index (Phi) is 5.88. The zero-order valence-electron chi connectivity index (χ0n) is 13.5. The first-order chi connectivity index (χ1) is 12.6. The molecule has 0 atom stereocenters. The lowest BCUT2D eigenvalue weighted by Crippen LogP contribution is -1.96. The van der Waals surface area contributed by atoms with Crippen molar-refractivity contribution in [3.63, 3.8) is 0 Å². The van der Waals surface area contributed by atoms with Crippen molar-refractivity contribution in [2.75, 3.05) is 6.61 Å². The van der Waals surface area contributed by atoms with Crippen LogP contribution in [0.3, 0.4) is 0 Å². The van der Waals surface area contributed by atoms with Crippen LogP contribution in [0.15, 0.2) is 60.2 Å². The van der Waals surface area contributed by atoms with Gasteiger partial charge in [-0.2, -0.15) is 14.9 Å². The highest BCUT2D eigenvalue weighted by atomic mass is 35.5. The van der Waals surface area contributed by atoms with E-state index in [1.165, 1.54) is 4.68 Å². The molecule has 0 fully saturated rings. The van der Waals surface area contributed by atoms with Crippen LogP contribution in [-0.2, 0) is 0 Å². The van der Waals surface area contributed by atoms with E-state index in [0.717, 1.165) is 11.3 Å². The van der Waals surface area contributed by atoms with Gasteiger partial charge >= 0.3 is 0 Å². The molecule has 0 saturated carbocycles. The van der Waals surface area contributed by atoms with Gasteiger partial charge in [-0.15, -0.1) is 0 Å². The monoisotopic (exact) mass is 404 g/mol. The molecule has 2 aromatic carbocycles. The molecule has 0 unspecified atom stereocenters. The molecule has 132 valence electrons. The molecule has 3 aromatic rings. The fourth-order valence-electron chi connectivity index (χ4n) is 2.21. The van der Waals surface area contributed by atoms with E-state index >= 15 is 0 Å². The predicted octanol–water partition coefficient (Wildman–Crippen LogP) is 5.36. The molecule has 26 heavy (non-hydrogen) atoms. The Morgan fingerprint density at radius 1 is 1.27 bits per heavy atom. The smallest absolute Gasteiger partial charge is 0.216 e. The van der Waals surface area contributed by atoms with E-state index in [1.807, 2.05) is 24.3 Å². The van der Waals surface area contributed by atoms with Crippen LogP contribution in [-0.4, -0.2) is 27.7 Å². The zero-order chi connectivity index (χ0) is 18.5. The highest BCUT2D eigenvalue weighted by molar-refractivity contribution is 7.71. The first-order valence-electron chi connectivity index (χ1n) is 7.59. The van der Waals surface area contributed by atoms with E-state index in [-0.39, 0.29) is 0 Å². The van der Waals surface area contributed by atoms with Crippen LogP contribution in [0.4, 0.5) is 0 Å². The Morgan fingerprint density at radius 3 is 2.88 bits per heavy atom. The first kappa shape index (κ1) is 18.4. The van der Waals surface area contributed by atoms with Crippen LogP contribution in [0.5, 0.6) is 5.75 Å². The molecular weight excluding hydrogens is 391 g/mol. The molecule has 3 rings (SSSR count). The van der Waals surface area contributed by atoms with Gasteiger partial charge in [-0.3, -0.25) is 0 Å². The third-order valence-electron chi connectivity index (χ3n) is 3.37. The lowest BCUT2D eigenvalue weighted by molar-refractivity contribution is 0.363. The van der Waals surface area contributed by atoms with E-state index < -0.39 is 0 Å². The number of hydrogen-bond acceptors (Lipinski definition) is 4. The molecular formula is C18H14Cl2N4OS. The number of nitrogens with one attached hydrogen (secondary N) is 1. The Morgan fingerprint density at radius 2 is 2.12 bits per heavy atom. The fourth-order valence-corrected chi connectivity index (χ4v) is 2.88. The topological polar surface area (TPSA) is 55.2 Å². The van der Waals surface area contributed by atoms with Gasteiger partial charge in [0.25, 0.3) is 0 Å². The number of nitrogens with zero attached hydrogens (tertiary/aromatic N) is 3. The second kappa shape index (κ2) is 8.31. The van der Waals surface area contributed by atoms with Crippen LogP contribution in [0.1, 0.15) is 5.56 Å². The normalized spacial score (nSPS) is 11.0. The number of hydrogen-bond donors (Lipinski definition) is 1. The van der Waals surface area contributed by atoms with Gasteiger partial charge in [0.2, 0.25) is 4.77 Å². The summed E-state index contributed by atoms with van der Waals surface area (Å²) in [5.41, 5.74) is 1.52. The maximum atomic E-state index is 6.27. The third-order valence-corrected chi connectivity index (χ3v) is 4.18. The number of halogens is 2. The van der Waals surface area contributed by atoms with E-state index in [9.17, 15) is 0 Å². The van der Waals surface area contributed by atoms with Crippen molar-refractivity contribution in [1.82, 2.24) is 14.9 Å². The first-order valence-corrected chi connectivity index (χ1v) is 8.76. The minimum atomic E-state index is 0.348. The highest BCUT2D eigenvalue weighted by Gasteiger charge is 2.12. The van der Waals surface area contributed by atoms with E-state index in [1.54, 1.807) is 30.5 Å². The maximum absolute atomic E-state index is 6.27. The number of H-pyrrole nitrogens is 1. The van der Waals surface area contributed by atoms with Gasteiger partial charge in [0.15, 0.2) is 5.82 Å². The van der Waals surface area contributed by atoms with Crippen LogP contribution in [0.2, 0.25) is 10.0 Å². The van der Waals surface area contributed by atoms with Crippen molar-refractivity contribution < 1.29 is 4.74 Å². The summed E-state index contributed by atoms with van der Waals surface area (Å²) in [4.78, 5) is 0. The van der Waals surface area contributed by atoms with E-state index in [4.69, 9.17) is 40.2 Å². The van der Waals surface area contributed by atoms with Crippen molar-refractivity contribution in [3.05, 3.63) is 75.5 Å². The third kappa shape index (κ3) is 4.22. The summed E-state index contributed by atoms with van der Waals surface area (Å²) in [5.74, 6) is 1.22. The minimum Gasteiger partial charge on any atom is -0.490 e. The molecule has 5 nitrogen and oxygen atoms in total. The Labute approximate surface area is 165 Å². The fraction of sp³-hybridized carbons (Fsp3) is 0.0556. The van der Waals surface area contributed by atoms with Gasteiger partial charge in [-0.25, -0.2) is 5.10 Å². The number of aromatic nitrogens is 3. The summed E-state index contributed by atoms with van der Waals surface area (Å²) in [6.07, 6.45) is 3.35. The van der Waals surface area contributed by atoms with Gasteiger partial charge < -0.3 is 4.74 Å². The minimum absolute atomic E-state index is 0.348. The SMILES string of the molecule is C=CCOc1cccc(/C=N\n2c(-c3ccc(Cl)cc3Cl)n[nH]c2=S)c1. The number of rotatable bonds is 6. The van der Waals surface area contributed by atoms with Crippen LogP contribution < -0.4 is 4.74 Å². The molecule has 1 heterocycles. The van der Waals surface area contributed by atoms with Crippen molar-refractivity contribution >= 4 is 41.6 Å². The lowest BCUT2D eigenvalue weighted by Gasteiger charge is -2.05. The zero-order valence-corrected chi connectivity index (χ0v) is 15.9. The molecule has 1 aromatic heterocycles. The average Bonchev–Trinajstić information content (AvgIpc) is 2.99. The summed E-state index contributed by atoms with van der Waals surface area (Å²) >= 11 is 17.5. The predicted molar refractivity (Wildman–Crippen MR) is 108 cm³/mol. The summed E-state index contributed by atoms with van der Waals surface area (Å²) in [7, 11) is 0. The molecule has 0 aliphatic heterocycles. The quantitative estimate of drug-likeness (QED) is 0.341. The Balaban J connectivity index is 1.94. The Hall–Kier alpha value is -2.41. The molecule has 0 amide bonds. The van der Waals surface area contributed by atoms with Gasteiger partial charge in [0, 0.05) is 10.6 Å². The molecule has 0 aliphatic rings. The molecule has 8 heteroatoms.